The standard InChI is InChI=1S/C14H14N2O2/c1-17-8-2-3-11-9(6-8)12-10(13(15)16-18-12)7-14(11)4-5-14/h2-3,6H,4-5,7H2,1H3,(H2,15,16). The van der Waals surface area contributed by atoms with Crippen LogP contribution in [0.3, 0.4) is 0 Å². The van der Waals surface area contributed by atoms with Gasteiger partial charge in [-0.15, -0.1) is 0 Å². The van der Waals surface area contributed by atoms with Gasteiger partial charge < -0.3 is 15.0 Å². The SMILES string of the molecule is COc1ccc2c(c1)-c1onc(N)c1CC21CC1. The van der Waals surface area contributed by atoms with E-state index < -0.39 is 0 Å². The molecule has 1 aromatic heterocycles. The molecule has 0 unspecified atom stereocenters. The molecular formula is C14H14N2O2. The summed E-state index contributed by atoms with van der Waals surface area (Å²) >= 11 is 0. The van der Waals surface area contributed by atoms with Crippen LogP contribution in [0.25, 0.3) is 11.3 Å². The maximum absolute atomic E-state index is 5.90. The van der Waals surface area contributed by atoms with Crippen LogP contribution < -0.4 is 10.5 Å². The molecule has 0 aliphatic heterocycles. The number of aromatic nitrogens is 1. The van der Waals surface area contributed by atoms with E-state index in [1.165, 1.54) is 18.4 Å². The Balaban J connectivity index is 2.00. The van der Waals surface area contributed by atoms with E-state index >= 15 is 0 Å². The fraction of sp³-hybridized carbons (Fsp3) is 0.357. The van der Waals surface area contributed by atoms with Crippen LogP contribution in [0.2, 0.25) is 0 Å². The summed E-state index contributed by atoms with van der Waals surface area (Å²) < 4.78 is 10.7. The van der Waals surface area contributed by atoms with E-state index in [1.54, 1.807) is 7.11 Å². The summed E-state index contributed by atoms with van der Waals surface area (Å²) in [5.74, 6) is 2.19. The maximum Gasteiger partial charge on any atom is 0.172 e. The lowest BCUT2D eigenvalue weighted by Gasteiger charge is -2.24. The number of nitrogens with zero attached hydrogens (tertiary/aromatic N) is 1. The van der Waals surface area contributed by atoms with Gasteiger partial charge in [-0.25, -0.2) is 0 Å². The van der Waals surface area contributed by atoms with E-state index in [0.717, 1.165) is 29.1 Å². The van der Waals surface area contributed by atoms with Crippen LogP contribution in [0.5, 0.6) is 5.75 Å². The van der Waals surface area contributed by atoms with Crippen LogP contribution in [0, 0.1) is 0 Å². The Labute approximate surface area is 105 Å². The Morgan fingerprint density at radius 2 is 2.22 bits per heavy atom. The van der Waals surface area contributed by atoms with Gasteiger partial charge in [0, 0.05) is 16.5 Å². The van der Waals surface area contributed by atoms with Crippen LogP contribution in [0.1, 0.15) is 24.0 Å². The topological polar surface area (TPSA) is 61.3 Å². The fourth-order valence-corrected chi connectivity index (χ4v) is 3.04. The van der Waals surface area contributed by atoms with Gasteiger partial charge in [-0.3, -0.25) is 0 Å². The summed E-state index contributed by atoms with van der Waals surface area (Å²) in [7, 11) is 1.67. The van der Waals surface area contributed by atoms with Gasteiger partial charge in [0.1, 0.15) is 5.75 Å². The Bertz CT molecular complexity index is 641. The highest BCUT2D eigenvalue weighted by Gasteiger charge is 2.50. The number of hydrogen-bond acceptors (Lipinski definition) is 4. The van der Waals surface area contributed by atoms with Gasteiger partial charge in [-0.2, -0.15) is 0 Å². The molecule has 1 saturated carbocycles. The molecule has 4 nitrogen and oxygen atoms in total. The lowest BCUT2D eigenvalue weighted by molar-refractivity contribution is 0.412. The first kappa shape index (κ1) is 10.00. The summed E-state index contributed by atoms with van der Waals surface area (Å²) in [5.41, 5.74) is 9.69. The van der Waals surface area contributed by atoms with Crippen molar-refractivity contribution < 1.29 is 9.26 Å². The summed E-state index contributed by atoms with van der Waals surface area (Å²) in [6.45, 7) is 0. The van der Waals surface area contributed by atoms with Crippen molar-refractivity contribution in [1.82, 2.24) is 5.16 Å². The van der Waals surface area contributed by atoms with Crippen LogP contribution >= 0.6 is 0 Å². The molecule has 92 valence electrons. The highest BCUT2D eigenvalue weighted by Crippen LogP contribution is 2.58. The van der Waals surface area contributed by atoms with Crippen molar-refractivity contribution in [1.29, 1.82) is 0 Å². The zero-order valence-electron chi connectivity index (χ0n) is 10.2. The number of methoxy groups -OCH3 is 1. The predicted octanol–water partition coefficient (Wildman–Crippen LogP) is 2.52. The molecule has 4 rings (SSSR count). The molecule has 1 spiro atoms. The van der Waals surface area contributed by atoms with Crippen molar-refractivity contribution in [3.05, 3.63) is 29.3 Å². The maximum atomic E-state index is 5.90. The quantitative estimate of drug-likeness (QED) is 0.834. The van der Waals surface area contributed by atoms with Crippen LogP contribution in [0.4, 0.5) is 5.82 Å². The van der Waals surface area contributed by atoms with Gasteiger partial charge in [0.2, 0.25) is 0 Å². The zero-order chi connectivity index (χ0) is 12.3. The molecule has 1 heterocycles. The van der Waals surface area contributed by atoms with E-state index in [1.807, 2.05) is 12.1 Å². The molecule has 2 aliphatic carbocycles. The van der Waals surface area contributed by atoms with E-state index in [-0.39, 0.29) is 5.41 Å². The van der Waals surface area contributed by atoms with Crippen LogP contribution in [-0.2, 0) is 11.8 Å². The lowest BCUT2D eigenvalue weighted by atomic mass is 9.79. The molecule has 1 fully saturated rings. The predicted molar refractivity (Wildman–Crippen MR) is 67.5 cm³/mol. The third-order valence-corrected chi connectivity index (χ3v) is 4.23. The Morgan fingerprint density at radius 1 is 1.39 bits per heavy atom. The normalized spacial score (nSPS) is 18.3. The monoisotopic (exact) mass is 242 g/mol. The number of nitrogens with two attached hydrogens (primary N) is 1. The van der Waals surface area contributed by atoms with E-state index in [9.17, 15) is 0 Å². The number of fused-ring (bicyclic) bond motifs is 4. The van der Waals surface area contributed by atoms with Crippen molar-refractivity contribution in [3.63, 3.8) is 0 Å². The Kier molecular flexibility index (Phi) is 1.71. The number of nitrogen functional groups attached to an aromatic ring is 1. The van der Waals surface area contributed by atoms with Crippen LogP contribution in [0.15, 0.2) is 22.7 Å². The van der Waals surface area contributed by atoms with E-state index in [0.29, 0.717) is 5.82 Å². The minimum atomic E-state index is 0.272. The highest BCUT2D eigenvalue weighted by molar-refractivity contribution is 5.76. The molecule has 0 saturated heterocycles. The molecule has 0 amide bonds. The molecule has 18 heavy (non-hydrogen) atoms. The Hall–Kier alpha value is -1.97. The first-order valence-corrected chi connectivity index (χ1v) is 6.16. The van der Waals surface area contributed by atoms with Gasteiger partial charge in [-0.05, 0) is 37.0 Å². The summed E-state index contributed by atoms with van der Waals surface area (Å²) in [6, 6.07) is 6.20. The number of ether oxygens (including phenoxy) is 1. The first-order valence-electron chi connectivity index (χ1n) is 6.16. The summed E-state index contributed by atoms with van der Waals surface area (Å²) in [5, 5.41) is 3.91. The molecular weight excluding hydrogens is 228 g/mol. The van der Waals surface area contributed by atoms with E-state index in [2.05, 4.69) is 11.2 Å². The smallest absolute Gasteiger partial charge is 0.172 e. The average Bonchev–Trinajstić information content (AvgIpc) is 3.07. The van der Waals surface area contributed by atoms with Gasteiger partial charge in [0.15, 0.2) is 11.6 Å². The Morgan fingerprint density at radius 3 is 2.94 bits per heavy atom. The first-order chi connectivity index (χ1) is 8.73. The largest absolute Gasteiger partial charge is 0.497 e. The van der Waals surface area contributed by atoms with Gasteiger partial charge in [0.25, 0.3) is 0 Å². The van der Waals surface area contributed by atoms with Crippen molar-refractivity contribution in [2.75, 3.05) is 12.8 Å². The minimum Gasteiger partial charge on any atom is -0.497 e. The molecule has 4 heteroatoms. The molecule has 2 aliphatic rings. The second kappa shape index (κ2) is 3.07. The molecule has 0 bridgehead atoms. The number of benzene rings is 1. The third kappa shape index (κ3) is 1.12. The van der Waals surface area contributed by atoms with Crippen molar-refractivity contribution >= 4 is 5.82 Å². The minimum absolute atomic E-state index is 0.272. The second-order valence-electron chi connectivity index (χ2n) is 5.24. The van der Waals surface area contributed by atoms with Crippen LogP contribution in [-0.4, -0.2) is 12.3 Å². The highest BCUT2D eigenvalue weighted by atomic mass is 16.5. The van der Waals surface area contributed by atoms with Crippen molar-refractivity contribution in [2.45, 2.75) is 24.7 Å². The molecule has 1 aromatic carbocycles. The van der Waals surface area contributed by atoms with Gasteiger partial charge >= 0.3 is 0 Å². The third-order valence-electron chi connectivity index (χ3n) is 4.23. The fourth-order valence-electron chi connectivity index (χ4n) is 3.04. The average molecular weight is 242 g/mol. The lowest BCUT2D eigenvalue weighted by Crippen LogP contribution is -2.17. The van der Waals surface area contributed by atoms with E-state index in [4.69, 9.17) is 15.0 Å². The number of hydrogen-bond donors (Lipinski definition) is 1. The second-order valence-corrected chi connectivity index (χ2v) is 5.24. The van der Waals surface area contributed by atoms with Crippen molar-refractivity contribution in [2.24, 2.45) is 0 Å². The zero-order valence-corrected chi connectivity index (χ0v) is 10.2. The number of rotatable bonds is 1. The molecule has 2 aromatic rings. The molecule has 0 atom stereocenters. The summed E-state index contributed by atoms with van der Waals surface area (Å²) in [4.78, 5) is 0. The van der Waals surface area contributed by atoms with Gasteiger partial charge in [-0.1, -0.05) is 11.2 Å². The molecule has 2 N–H and O–H groups in total. The van der Waals surface area contributed by atoms with Crippen molar-refractivity contribution in [3.8, 4) is 17.1 Å². The van der Waals surface area contributed by atoms with Gasteiger partial charge in [0.05, 0.1) is 7.11 Å². The molecule has 0 radical (unpaired) electrons. The summed E-state index contributed by atoms with van der Waals surface area (Å²) in [6.07, 6.45) is 3.39. The number of anilines is 1.